The largest absolute Gasteiger partial charge is 0.326 e. The molecule has 0 radical (unpaired) electrons. The molecule has 1 rings (SSSR count). The van der Waals surface area contributed by atoms with Crippen LogP contribution < -0.4 is 5.73 Å². The van der Waals surface area contributed by atoms with Gasteiger partial charge in [0.2, 0.25) is 0 Å². The molecule has 0 spiro atoms. The van der Waals surface area contributed by atoms with E-state index < -0.39 is 0 Å². The van der Waals surface area contributed by atoms with Gasteiger partial charge in [0.15, 0.2) is 0 Å². The van der Waals surface area contributed by atoms with E-state index in [1.807, 2.05) is 6.07 Å². The number of hydrogen-bond acceptors (Lipinski definition) is 2. The van der Waals surface area contributed by atoms with Crippen molar-refractivity contribution in [3.05, 3.63) is 35.6 Å². The molecule has 0 heterocycles. The maximum atomic E-state index is 13.6. The summed E-state index contributed by atoms with van der Waals surface area (Å²) >= 11 is 0. The lowest BCUT2D eigenvalue weighted by Gasteiger charge is -2.39. The Morgan fingerprint density at radius 3 is 2.30 bits per heavy atom. The van der Waals surface area contributed by atoms with Crippen molar-refractivity contribution in [3.63, 3.8) is 0 Å². The van der Waals surface area contributed by atoms with Crippen LogP contribution in [0.2, 0.25) is 0 Å². The minimum absolute atomic E-state index is 0.0120. The Bertz CT molecular complexity index is 404. The van der Waals surface area contributed by atoms with E-state index >= 15 is 0 Å². The molecule has 1 aromatic carbocycles. The molecule has 0 aliphatic rings. The van der Waals surface area contributed by atoms with E-state index in [9.17, 15) is 4.39 Å². The molecular weight excluding hydrogens is 251 g/mol. The zero-order valence-electron chi connectivity index (χ0n) is 13.4. The van der Waals surface area contributed by atoms with Gasteiger partial charge in [-0.2, -0.15) is 0 Å². The Kier molecular flexibility index (Phi) is 6.63. The van der Waals surface area contributed by atoms with Crippen LogP contribution in [0.15, 0.2) is 24.3 Å². The van der Waals surface area contributed by atoms with Crippen LogP contribution in [0.3, 0.4) is 0 Å². The van der Waals surface area contributed by atoms with Crippen molar-refractivity contribution in [2.24, 2.45) is 11.7 Å². The Morgan fingerprint density at radius 2 is 1.85 bits per heavy atom. The maximum absolute atomic E-state index is 13.6. The molecule has 2 N–H and O–H groups in total. The van der Waals surface area contributed by atoms with Gasteiger partial charge >= 0.3 is 0 Å². The summed E-state index contributed by atoms with van der Waals surface area (Å²) in [5.41, 5.74) is 7.33. The molecule has 0 aromatic heterocycles. The molecule has 0 fully saturated rings. The van der Waals surface area contributed by atoms with Gasteiger partial charge < -0.3 is 5.73 Å². The first-order valence-corrected chi connectivity index (χ1v) is 7.63. The quantitative estimate of drug-likeness (QED) is 0.819. The Balaban J connectivity index is 3.15. The summed E-state index contributed by atoms with van der Waals surface area (Å²) in [6.07, 6.45) is 0.877. The summed E-state index contributed by atoms with van der Waals surface area (Å²) in [4.78, 5) is 2.40. The monoisotopic (exact) mass is 280 g/mol. The number of hydrogen-bond donors (Lipinski definition) is 1. The first-order chi connectivity index (χ1) is 9.36. The van der Waals surface area contributed by atoms with E-state index in [1.165, 1.54) is 6.07 Å². The first kappa shape index (κ1) is 17.1. The normalized spacial score (nSPS) is 15.1. The fourth-order valence-electron chi connectivity index (χ4n) is 2.67. The molecule has 0 saturated heterocycles. The van der Waals surface area contributed by atoms with Crippen molar-refractivity contribution >= 4 is 0 Å². The van der Waals surface area contributed by atoms with Crippen LogP contribution in [0, 0.1) is 11.7 Å². The van der Waals surface area contributed by atoms with Gasteiger partial charge in [-0.1, -0.05) is 32.9 Å². The highest BCUT2D eigenvalue weighted by Gasteiger charge is 2.28. The van der Waals surface area contributed by atoms with Gasteiger partial charge in [0.05, 0.1) is 6.04 Å². The lowest BCUT2D eigenvalue weighted by molar-refractivity contribution is 0.114. The summed E-state index contributed by atoms with van der Waals surface area (Å²) in [5.74, 6) is 0.363. The molecular formula is C17H29FN2. The number of nitrogens with two attached hydrogens (primary N) is 1. The molecule has 0 bridgehead atoms. The van der Waals surface area contributed by atoms with Crippen LogP contribution in [-0.2, 0) is 0 Å². The summed E-state index contributed by atoms with van der Waals surface area (Å²) in [6, 6.07) is 7.32. The highest BCUT2D eigenvalue weighted by molar-refractivity contribution is 5.22. The van der Waals surface area contributed by atoms with Crippen molar-refractivity contribution in [2.45, 2.75) is 59.2 Å². The second-order valence-corrected chi connectivity index (χ2v) is 6.26. The fourth-order valence-corrected chi connectivity index (χ4v) is 2.67. The van der Waals surface area contributed by atoms with Gasteiger partial charge in [0.25, 0.3) is 0 Å². The van der Waals surface area contributed by atoms with Crippen molar-refractivity contribution in [2.75, 3.05) is 6.54 Å². The summed E-state index contributed by atoms with van der Waals surface area (Å²) < 4.78 is 13.6. The van der Waals surface area contributed by atoms with E-state index in [-0.39, 0.29) is 17.9 Å². The average Bonchev–Trinajstić information content (AvgIpc) is 2.37. The smallest absolute Gasteiger partial charge is 0.123 e. The maximum Gasteiger partial charge on any atom is 0.123 e. The third kappa shape index (κ3) is 4.57. The molecule has 3 heteroatoms. The van der Waals surface area contributed by atoms with Crippen molar-refractivity contribution in [1.82, 2.24) is 4.90 Å². The van der Waals surface area contributed by atoms with Crippen molar-refractivity contribution in [3.8, 4) is 0 Å². The minimum atomic E-state index is -0.191. The van der Waals surface area contributed by atoms with Crippen LogP contribution >= 0.6 is 0 Å². The molecule has 0 saturated carbocycles. The predicted molar refractivity (Wildman–Crippen MR) is 84.1 cm³/mol. The van der Waals surface area contributed by atoms with Crippen LogP contribution in [-0.4, -0.2) is 23.5 Å². The number of nitrogens with zero attached hydrogens (tertiary/aromatic N) is 1. The average molecular weight is 280 g/mol. The molecule has 2 unspecified atom stereocenters. The molecule has 114 valence electrons. The standard InChI is InChI=1S/C17H29FN2/c1-6-16(19)17(14-8-7-9-15(18)10-14)20(13(4)5)11-12(2)3/h7-10,12-13,16-17H,6,11,19H2,1-5H3. The zero-order chi connectivity index (χ0) is 15.3. The summed E-state index contributed by atoms with van der Waals surface area (Å²) in [7, 11) is 0. The minimum Gasteiger partial charge on any atom is -0.326 e. The molecule has 20 heavy (non-hydrogen) atoms. The van der Waals surface area contributed by atoms with E-state index in [4.69, 9.17) is 5.73 Å². The summed E-state index contributed by atoms with van der Waals surface area (Å²) in [5, 5.41) is 0. The second kappa shape index (κ2) is 7.75. The van der Waals surface area contributed by atoms with Gasteiger partial charge in [-0.25, -0.2) is 4.39 Å². The summed E-state index contributed by atoms with van der Waals surface area (Å²) in [6.45, 7) is 11.8. The SMILES string of the molecule is CCC(N)C(c1cccc(F)c1)N(CC(C)C)C(C)C. The van der Waals surface area contributed by atoms with Crippen LogP contribution in [0.1, 0.15) is 52.6 Å². The van der Waals surface area contributed by atoms with Gasteiger partial charge in [-0.3, -0.25) is 4.90 Å². The van der Waals surface area contributed by atoms with E-state index in [0.717, 1.165) is 18.5 Å². The highest BCUT2D eigenvalue weighted by atomic mass is 19.1. The van der Waals surface area contributed by atoms with E-state index in [2.05, 4.69) is 39.5 Å². The first-order valence-electron chi connectivity index (χ1n) is 7.63. The molecule has 2 nitrogen and oxygen atoms in total. The lowest BCUT2D eigenvalue weighted by atomic mass is 9.94. The number of benzene rings is 1. The van der Waals surface area contributed by atoms with Crippen LogP contribution in [0.25, 0.3) is 0 Å². The predicted octanol–water partition coefficient (Wildman–Crippen LogP) is 3.97. The molecule has 2 atom stereocenters. The van der Waals surface area contributed by atoms with Crippen molar-refractivity contribution < 1.29 is 4.39 Å². The van der Waals surface area contributed by atoms with Crippen molar-refractivity contribution in [1.29, 1.82) is 0 Å². The van der Waals surface area contributed by atoms with Gasteiger partial charge in [-0.05, 0) is 43.9 Å². The van der Waals surface area contributed by atoms with Gasteiger partial charge in [0.1, 0.15) is 5.82 Å². The second-order valence-electron chi connectivity index (χ2n) is 6.26. The zero-order valence-corrected chi connectivity index (χ0v) is 13.4. The molecule has 0 aliphatic heterocycles. The highest BCUT2D eigenvalue weighted by Crippen LogP contribution is 2.28. The number of rotatable bonds is 7. The van der Waals surface area contributed by atoms with Crippen LogP contribution in [0.4, 0.5) is 4.39 Å². The third-order valence-corrected chi connectivity index (χ3v) is 3.66. The Hall–Kier alpha value is -0.930. The molecule has 0 amide bonds. The van der Waals surface area contributed by atoms with E-state index in [1.54, 1.807) is 12.1 Å². The third-order valence-electron chi connectivity index (χ3n) is 3.66. The molecule has 0 aliphatic carbocycles. The lowest BCUT2D eigenvalue weighted by Crippen LogP contribution is -2.45. The van der Waals surface area contributed by atoms with Crippen LogP contribution in [0.5, 0.6) is 0 Å². The van der Waals surface area contributed by atoms with Gasteiger partial charge in [-0.15, -0.1) is 0 Å². The fraction of sp³-hybridized carbons (Fsp3) is 0.647. The number of halogens is 1. The van der Waals surface area contributed by atoms with E-state index in [0.29, 0.717) is 12.0 Å². The van der Waals surface area contributed by atoms with Gasteiger partial charge in [0, 0.05) is 18.6 Å². The topological polar surface area (TPSA) is 29.3 Å². The Labute approximate surface area is 123 Å². The Morgan fingerprint density at radius 1 is 1.20 bits per heavy atom. The molecule has 1 aromatic rings.